The molecule has 2 N–H and O–H groups in total. The Morgan fingerprint density at radius 1 is 0.912 bits per heavy atom. The Hall–Kier alpha value is -4.11. The summed E-state index contributed by atoms with van der Waals surface area (Å²) in [6.07, 6.45) is 0. The molecule has 0 aliphatic heterocycles. The largest absolute Gasteiger partial charge is 0.497 e. The van der Waals surface area contributed by atoms with E-state index in [1.165, 1.54) is 11.8 Å². The van der Waals surface area contributed by atoms with Crippen LogP contribution in [0.5, 0.6) is 5.75 Å². The van der Waals surface area contributed by atoms with Gasteiger partial charge in [0, 0.05) is 29.5 Å². The van der Waals surface area contributed by atoms with E-state index < -0.39 is 0 Å². The fraction of sp³-hybridized carbons (Fsp3) is 0.120. The molecule has 0 fully saturated rings. The van der Waals surface area contributed by atoms with E-state index in [2.05, 4.69) is 20.8 Å². The lowest BCUT2D eigenvalue weighted by Crippen LogP contribution is -2.14. The van der Waals surface area contributed by atoms with Crippen LogP contribution in [0.25, 0.3) is 11.4 Å². The molecule has 0 bridgehead atoms. The lowest BCUT2D eigenvalue weighted by Gasteiger charge is -2.08. The van der Waals surface area contributed by atoms with Gasteiger partial charge in [-0.05, 0) is 48.5 Å². The molecule has 0 unspecified atom stereocenters. The highest BCUT2D eigenvalue weighted by molar-refractivity contribution is 7.99. The minimum absolute atomic E-state index is 0.148. The Labute approximate surface area is 201 Å². The van der Waals surface area contributed by atoms with Crippen molar-refractivity contribution in [2.75, 3.05) is 23.5 Å². The number of benzene rings is 3. The molecule has 0 radical (unpaired) electrons. The molecule has 8 nitrogen and oxygen atoms in total. The van der Waals surface area contributed by atoms with Gasteiger partial charge >= 0.3 is 0 Å². The van der Waals surface area contributed by atoms with Crippen molar-refractivity contribution >= 4 is 35.0 Å². The molecule has 0 spiro atoms. The molecule has 0 aliphatic carbocycles. The number of anilines is 2. The number of carbonyl (C=O) groups excluding carboxylic acids is 2. The van der Waals surface area contributed by atoms with Crippen molar-refractivity contribution in [1.82, 2.24) is 14.8 Å². The van der Waals surface area contributed by atoms with Crippen molar-refractivity contribution in [3.63, 3.8) is 0 Å². The van der Waals surface area contributed by atoms with Crippen LogP contribution in [0.2, 0.25) is 0 Å². The van der Waals surface area contributed by atoms with E-state index in [0.717, 1.165) is 11.3 Å². The maximum Gasteiger partial charge on any atom is 0.255 e. The predicted molar refractivity (Wildman–Crippen MR) is 133 cm³/mol. The van der Waals surface area contributed by atoms with E-state index in [-0.39, 0.29) is 17.6 Å². The third-order valence-corrected chi connectivity index (χ3v) is 5.98. The molecule has 3 aromatic carbocycles. The predicted octanol–water partition coefficient (Wildman–Crippen LogP) is 4.47. The number of aromatic nitrogens is 3. The molecular formula is C25H23N5O3S. The number of carbonyl (C=O) groups is 2. The van der Waals surface area contributed by atoms with Crippen molar-refractivity contribution in [1.29, 1.82) is 0 Å². The Bertz CT molecular complexity index is 1290. The fourth-order valence-electron chi connectivity index (χ4n) is 3.22. The number of ether oxygens (including phenoxy) is 1. The van der Waals surface area contributed by atoms with Crippen LogP contribution in [-0.2, 0) is 11.8 Å². The minimum atomic E-state index is -0.185. The summed E-state index contributed by atoms with van der Waals surface area (Å²) in [5.41, 5.74) is 2.73. The van der Waals surface area contributed by atoms with E-state index >= 15 is 0 Å². The topological polar surface area (TPSA) is 98.1 Å². The molecular weight excluding hydrogens is 450 g/mol. The molecule has 1 aromatic heterocycles. The van der Waals surface area contributed by atoms with Crippen LogP contribution in [0, 0.1) is 0 Å². The lowest BCUT2D eigenvalue weighted by atomic mass is 10.1. The second-order valence-electron chi connectivity index (χ2n) is 7.33. The van der Waals surface area contributed by atoms with E-state index in [1.807, 2.05) is 54.1 Å². The van der Waals surface area contributed by atoms with E-state index in [4.69, 9.17) is 4.74 Å². The first-order valence-corrected chi connectivity index (χ1v) is 11.4. The molecule has 0 saturated carbocycles. The first kappa shape index (κ1) is 23.1. The summed E-state index contributed by atoms with van der Waals surface area (Å²) in [6, 6.07) is 23.6. The van der Waals surface area contributed by atoms with Gasteiger partial charge in [-0.2, -0.15) is 0 Å². The van der Waals surface area contributed by atoms with Gasteiger partial charge in [-0.25, -0.2) is 0 Å². The maximum absolute atomic E-state index is 12.5. The van der Waals surface area contributed by atoms with Crippen molar-refractivity contribution < 1.29 is 14.3 Å². The van der Waals surface area contributed by atoms with Gasteiger partial charge in [-0.3, -0.25) is 9.59 Å². The van der Waals surface area contributed by atoms with E-state index in [9.17, 15) is 9.59 Å². The third kappa shape index (κ3) is 5.62. The average Bonchev–Trinajstić information content (AvgIpc) is 3.24. The van der Waals surface area contributed by atoms with Crippen LogP contribution < -0.4 is 15.4 Å². The number of nitrogens with one attached hydrogen (secondary N) is 2. The van der Waals surface area contributed by atoms with Crippen molar-refractivity contribution in [3.8, 4) is 17.1 Å². The van der Waals surface area contributed by atoms with Gasteiger partial charge in [0.25, 0.3) is 5.91 Å². The standard InChI is InChI=1S/C25H23N5O3S/c1-30-23(18-9-6-10-20(15-18)27-24(32)17-7-4-3-5-8-17)28-29-25(30)34-16-22(31)26-19-11-13-21(33-2)14-12-19/h3-15H,16H2,1-2H3,(H,26,31)(H,27,32). The highest BCUT2D eigenvalue weighted by Gasteiger charge is 2.14. The Balaban J connectivity index is 1.39. The molecule has 2 amide bonds. The van der Waals surface area contributed by atoms with Crippen molar-refractivity contribution in [2.45, 2.75) is 5.16 Å². The molecule has 0 aliphatic rings. The van der Waals surface area contributed by atoms with Gasteiger partial charge in [0.05, 0.1) is 12.9 Å². The van der Waals surface area contributed by atoms with Crippen LogP contribution in [0.3, 0.4) is 0 Å². The molecule has 0 saturated heterocycles. The van der Waals surface area contributed by atoms with E-state index in [0.29, 0.717) is 27.9 Å². The van der Waals surface area contributed by atoms with Gasteiger partial charge in [0.1, 0.15) is 5.75 Å². The number of rotatable bonds is 8. The number of nitrogens with zero attached hydrogens (tertiary/aromatic N) is 3. The zero-order valence-corrected chi connectivity index (χ0v) is 19.5. The summed E-state index contributed by atoms with van der Waals surface area (Å²) in [6.45, 7) is 0. The second-order valence-corrected chi connectivity index (χ2v) is 8.27. The minimum Gasteiger partial charge on any atom is -0.497 e. The Kier molecular flexibility index (Phi) is 7.24. The summed E-state index contributed by atoms with van der Waals surface area (Å²) >= 11 is 1.29. The van der Waals surface area contributed by atoms with Crippen LogP contribution in [0.15, 0.2) is 84.0 Å². The smallest absolute Gasteiger partial charge is 0.255 e. The average molecular weight is 474 g/mol. The highest BCUT2D eigenvalue weighted by Crippen LogP contribution is 2.25. The molecule has 4 aromatic rings. The first-order valence-electron chi connectivity index (χ1n) is 10.5. The maximum atomic E-state index is 12.5. The summed E-state index contributed by atoms with van der Waals surface area (Å²) < 4.78 is 6.95. The SMILES string of the molecule is COc1ccc(NC(=O)CSc2nnc(-c3cccc(NC(=O)c4ccccc4)c3)n2C)cc1. The molecule has 172 valence electrons. The number of amides is 2. The highest BCUT2D eigenvalue weighted by atomic mass is 32.2. The third-order valence-electron chi connectivity index (χ3n) is 4.96. The number of thioether (sulfide) groups is 1. The van der Waals surface area contributed by atoms with Gasteiger partial charge in [-0.1, -0.05) is 42.1 Å². The molecule has 0 atom stereocenters. The zero-order chi connectivity index (χ0) is 23.9. The quantitative estimate of drug-likeness (QED) is 0.366. The van der Waals surface area contributed by atoms with Crippen LogP contribution in [0.1, 0.15) is 10.4 Å². The molecule has 34 heavy (non-hydrogen) atoms. The van der Waals surface area contributed by atoms with E-state index in [1.54, 1.807) is 43.5 Å². The normalized spacial score (nSPS) is 10.5. The van der Waals surface area contributed by atoms with Crippen LogP contribution in [-0.4, -0.2) is 39.4 Å². The summed E-state index contributed by atoms with van der Waals surface area (Å²) in [5, 5.41) is 14.9. The molecule has 4 rings (SSSR count). The first-order chi connectivity index (χ1) is 16.5. The van der Waals surface area contributed by atoms with Gasteiger partial charge < -0.3 is 19.9 Å². The lowest BCUT2D eigenvalue weighted by molar-refractivity contribution is -0.113. The number of hydrogen-bond acceptors (Lipinski definition) is 6. The van der Waals surface area contributed by atoms with Crippen molar-refractivity contribution in [2.24, 2.45) is 7.05 Å². The van der Waals surface area contributed by atoms with Crippen LogP contribution in [0.4, 0.5) is 11.4 Å². The second kappa shape index (κ2) is 10.7. The van der Waals surface area contributed by atoms with Gasteiger partial charge in [0.2, 0.25) is 5.91 Å². The molecule has 9 heteroatoms. The fourth-order valence-corrected chi connectivity index (χ4v) is 3.93. The zero-order valence-electron chi connectivity index (χ0n) is 18.7. The number of hydrogen-bond donors (Lipinski definition) is 2. The Morgan fingerprint density at radius 3 is 2.41 bits per heavy atom. The van der Waals surface area contributed by atoms with Gasteiger partial charge in [-0.15, -0.1) is 10.2 Å². The summed E-state index contributed by atoms with van der Waals surface area (Å²) in [5.74, 6) is 1.21. The van der Waals surface area contributed by atoms with Crippen molar-refractivity contribution in [3.05, 3.63) is 84.4 Å². The molecule has 1 heterocycles. The van der Waals surface area contributed by atoms with Gasteiger partial charge in [0.15, 0.2) is 11.0 Å². The van der Waals surface area contributed by atoms with Crippen LogP contribution >= 0.6 is 11.8 Å². The number of methoxy groups -OCH3 is 1. The monoisotopic (exact) mass is 473 g/mol. The Morgan fingerprint density at radius 2 is 1.68 bits per heavy atom. The summed E-state index contributed by atoms with van der Waals surface area (Å²) in [7, 11) is 3.44. The summed E-state index contributed by atoms with van der Waals surface area (Å²) in [4.78, 5) is 24.8.